The van der Waals surface area contributed by atoms with Gasteiger partial charge in [-0.2, -0.15) is 0 Å². The van der Waals surface area contributed by atoms with Crippen molar-refractivity contribution in [3.8, 4) is 0 Å². The van der Waals surface area contributed by atoms with Gasteiger partial charge >= 0.3 is 0 Å². The number of amides is 1. The minimum Gasteiger partial charge on any atom is -0.345 e. The van der Waals surface area contributed by atoms with Crippen molar-refractivity contribution in [1.29, 1.82) is 0 Å². The first-order valence-electron chi connectivity index (χ1n) is 9.56. The van der Waals surface area contributed by atoms with Crippen molar-refractivity contribution in [2.45, 2.75) is 17.7 Å². The van der Waals surface area contributed by atoms with Gasteiger partial charge in [-0.25, -0.2) is 13.8 Å². The summed E-state index contributed by atoms with van der Waals surface area (Å²) in [4.78, 5) is 22.0. The van der Waals surface area contributed by atoms with E-state index >= 15 is 0 Å². The van der Waals surface area contributed by atoms with Gasteiger partial charge in [-0.3, -0.25) is 4.79 Å². The van der Waals surface area contributed by atoms with Gasteiger partial charge in [0.2, 0.25) is 5.91 Å². The minimum absolute atomic E-state index is 0.177. The van der Waals surface area contributed by atoms with E-state index in [1.807, 2.05) is 28.0 Å². The summed E-state index contributed by atoms with van der Waals surface area (Å²) in [6.07, 6.45) is 1.40. The lowest BCUT2D eigenvalue weighted by atomic mass is 10.2. The third-order valence-electron chi connectivity index (χ3n) is 4.85. The molecule has 1 amide bonds. The number of hydrogen-bond donors (Lipinski definition) is 0. The molecule has 1 aliphatic heterocycles. The Morgan fingerprint density at radius 2 is 1.86 bits per heavy atom. The highest BCUT2D eigenvalue weighted by atomic mass is 32.2. The van der Waals surface area contributed by atoms with E-state index < -0.39 is 11.6 Å². The van der Waals surface area contributed by atoms with E-state index in [0.717, 1.165) is 18.2 Å². The summed E-state index contributed by atoms with van der Waals surface area (Å²) in [6.45, 7) is 2.54. The molecular weight excluding hydrogens is 412 g/mol. The number of nitrogens with zero attached hydrogens (tertiary/aromatic N) is 3. The smallest absolute Gasteiger partial charge is 0.222 e. The number of carbonyl (C=O) groups is 1. The molecule has 29 heavy (non-hydrogen) atoms. The topological polar surface area (TPSA) is 36.4 Å². The van der Waals surface area contributed by atoms with Gasteiger partial charge in [0, 0.05) is 43.6 Å². The molecule has 8 heteroatoms. The fourth-order valence-electron chi connectivity index (χ4n) is 3.32. The molecule has 0 aliphatic carbocycles. The molecule has 0 unspecified atom stereocenters. The first-order chi connectivity index (χ1) is 14.1. The second-order valence-corrected chi connectivity index (χ2v) is 9.04. The summed E-state index contributed by atoms with van der Waals surface area (Å²) < 4.78 is 27.8. The Morgan fingerprint density at radius 1 is 1.10 bits per heavy atom. The number of fused-ring (bicyclic) bond motifs is 1. The highest BCUT2D eigenvalue weighted by molar-refractivity contribution is 7.99. The van der Waals surface area contributed by atoms with E-state index in [-0.39, 0.29) is 11.4 Å². The van der Waals surface area contributed by atoms with E-state index in [2.05, 4.69) is 17.1 Å². The summed E-state index contributed by atoms with van der Waals surface area (Å²) >= 11 is 3.05. The third kappa shape index (κ3) is 4.87. The van der Waals surface area contributed by atoms with Crippen LogP contribution in [-0.4, -0.2) is 47.7 Å². The zero-order valence-corrected chi connectivity index (χ0v) is 17.4. The normalized spacial score (nSPS) is 14.6. The zero-order chi connectivity index (χ0) is 20.2. The Labute approximate surface area is 176 Å². The van der Waals surface area contributed by atoms with Crippen LogP contribution in [0.2, 0.25) is 0 Å². The highest BCUT2D eigenvalue weighted by Gasteiger charge is 2.23. The molecular formula is C21H21F2N3OS2. The van der Waals surface area contributed by atoms with Crippen LogP contribution < -0.4 is 4.90 Å². The standard InChI is InChI=1S/C21H21F2N3OS2/c22-15-13-17(23)20-18(14-15)29-21(24-20)26-10-8-25(9-11-26)19(27)7-4-12-28-16-5-2-1-3-6-16/h1-3,5-6,13-14H,4,7-12H2. The lowest BCUT2D eigenvalue weighted by Crippen LogP contribution is -2.48. The van der Waals surface area contributed by atoms with Crippen LogP contribution in [0.1, 0.15) is 12.8 Å². The van der Waals surface area contributed by atoms with Crippen molar-refractivity contribution >= 4 is 44.4 Å². The maximum Gasteiger partial charge on any atom is 0.222 e. The molecule has 0 radical (unpaired) electrons. The monoisotopic (exact) mass is 433 g/mol. The van der Waals surface area contributed by atoms with Crippen molar-refractivity contribution in [2.75, 3.05) is 36.8 Å². The van der Waals surface area contributed by atoms with E-state index in [1.165, 1.54) is 22.3 Å². The molecule has 0 atom stereocenters. The number of halogens is 2. The maximum absolute atomic E-state index is 13.9. The van der Waals surface area contributed by atoms with Crippen LogP contribution in [0.3, 0.4) is 0 Å². The van der Waals surface area contributed by atoms with Crippen LogP contribution in [0.15, 0.2) is 47.4 Å². The number of thioether (sulfide) groups is 1. The van der Waals surface area contributed by atoms with Crippen LogP contribution in [0.25, 0.3) is 10.2 Å². The average Bonchev–Trinajstić information content (AvgIpc) is 3.16. The largest absolute Gasteiger partial charge is 0.345 e. The predicted octanol–water partition coefficient (Wildman–Crippen LogP) is 4.80. The molecule has 2 aromatic carbocycles. The van der Waals surface area contributed by atoms with Crippen LogP contribution in [0, 0.1) is 11.6 Å². The Morgan fingerprint density at radius 3 is 2.62 bits per heavy atom. The van der Waals surface area contributed by atoms with Crippen molar-refractivity contribution in [2.24, 2.45) is 0 Å². The van der Waals surface area contributed by atoms with Gasteiger partial charge in [0.25, 0.3) is 0 Å². The second kappa shape index (κ2) is 9.09. The van der Waals surface area contributed by atoms with E-state index in [0.29, 0.717) is 42.4 Å². The highest BCUT2D eigenvalue weighted by Crippen LogP contribution is 2.31. The summed E-state index contributed by atoms with van der Waals surface area (Å²) in [5.74, 6) is -0.129. The zero-order valence-electron chi connectivity index (χ0n) is 15.8. The maximum atomic E-state index is 13.9. The lowest BCUT2D eigenvalue weighted by Gasteiger charge is -2.34. The van der Waals surface area contributed by atoms with Crippen molar-refractivity contribution < 1.29 is 13.6 Å². The molecule has 4 rings (SSSR count). The van der Waals surface area contributed by atoms with Gasteiger partial charge in [0.05, 0.1) is 4.70 Å². The number of anilines is 1. The summed E-state index contributed by atoms with van der Waals surface area (Å²) in [7, 11) is 0. The molecule has 152 valence electrons. The van der Waals surface area contributed by atoms with E-state index in [9.17, 15) is 13.6 Å². The van der Waals surface area contributed by atoms with Crippen LogP contribution >= 0.6 is 23.1 Å². The predicted molar refractivity (Wildman–Crippen MR) is 115 cm³/mol. The van der Waals surface area contributed by atoms with Crippen LogP contribution in [0.4, 0.5) is 13.9 Å². The SMILES string of the molecule is O=C(CCCSc1ccccc1)N1CCN(c2nc3c(F)cc(F)cc3s2)CC1. The minimum atomic E-state index is -0.635. The molecule has 4 nitrogen and oxygen atoms in total. The number of thiazole rings is 1. The molecule has 1 fully saturated rings. The first-order valence-corrected chi connectivity index (χ1v) is 11.4. The van der Waals surface area contributed by atoms with Crippen molar-refractivity contribution in [3.05, 3.63) is 54.1 Å². The van der Waals surface area contributed by atoms with Gasteiger partial charge in [0.15, 0.2) is 10.9 Å². The number of aromatic nitrogens is 1. The van der Waals surface area contributed by atoms with E-state index in [4.69, 9.17) is 0 Å². The molecule has 1 aromatic heterocycles. The summed E-state index contributed by atoms with van der Waals surface area (Å²) in [5, 5.41) is 0.677. The van der Waals surface area contributed by atoms with Gasteiger partial charge in [0.1, 0.15) is 11.3 Å². The fraction of sp³-hybridized carbons (Fsp3) is 0.333. The molecule has 1 aliphatic rings. The molecule has 0 N–H and O–H groups in total. The summed E-state index contributed by atoms with van der Waals surface area (Å²) in [6, 6.07) is 12.4. The van der Waals surface area contributed by atoms with Crippen LogP contribution in [-0.2, 0) is 4.79 Å². The quantitative estimate of drug-likeness (QED) is 0.414. The molecule has 1 saturated heterocycles. The van der Waals surface area contributed by atoms with Gasteiger partial charge in [-0.1, -0.05) is 29.5 Å². The number of carbonyl (C=O) groups excluding carboxylic acids is 1. The number of piperazine rings is 1. The first kappa shape index (κ1) is 20.1. The molecule has 0 saturated carbocycles. The van der Waals surface area contributed by atoms with Gasteiger partial charge in [-0.05, 0) is 30.4 Å². The Bertz CT molecular complexity index is 988. The van der Waals surface area contributed by atoms with Crippen LogP contribution in [0.5, 0.6) is 0 Å². The van der Waals surface area contributed by atoms with Gasteiger partial charge < -0.3 is 9.80 Å². The molecule has 3 aromatic rings. The third-order valence-corrected chi connectivity index (χ3v) is 7.01. The lowest BCUT2D eigenvalue weighted by molar-refractivity contribution is -0.131. The average molecular weight is 434 g/mol. The van der Waals surface area contributed by atoms with Crippen molar-refractivity contribution in [1.82, 2.24) is 9.88 Å². The Balaban J connectivity index is 1.26. The fourth-order valence-corrected chi connectivity index (χ4v) is 5.25. The molecule has 0 bridgehead atoms. The molecule has 0 spiro atoms. The number of benzene rings is 2. The van der Waals surface area contributed by atoms with Crippen molar-refractivity contribution in [3.63, 3.8) is 0 Å². The van der Waals surface area contributed by atoms with Gasteiger partial charge in [-0.15, -0.1) is 11.8 Å². The number of hydrogen-bond acceptors (Lipinski definition) is 5. The summed E-state index contributed by atoms with van der Waals surface area (Å²) in [5.41, 5.74) is 0.209. The number of rotatable bonds is 6. The second-order valence-electron chi connectivity index (χ2n) is 6.86. The molecule has 2 heterocycles. The Hall–Kier alpha value is -2.19. The van der Waals surface area contributed by atoms with E-state index in [1.54, 1.807) is 11.8 Å². The Kier molecular flexibility index (Phi) is 6.30.